The van der Waals surface area contributed by atoms with Crippen molar-refractivity contribution in [1.29, 1.82) is 5.41 Å². The van der Waals surface area contributed by atoms with Gasteiger partial charge in [0.2, 0.25) is 5.91 Å². The summed E-state index contributed by atoms with van der Waals surface area (Å²) >= 11 is 5.74. The number of hydrogen-bond acceptors (Lipinski definition) is 6. The molecular formula is C17H22BClN5O4. The molecule has 1 aromatic rings. The standard InChI is InChI=1S/C17H22BClN5O4/c1-24(2)17(27)10-3-5-13(12(7-10)18-28-9-20)22-15(25)16(26)23-14-6-4-11(19)8-21-14/h4,6,8-10,12-13,20H,3,5,7H2,1-2H3,(H,22,25)(H,21,23,26)/t10-,12+,13-/m0/s1. The molecule has 149 valence electrons. The minimum atomic E-state index is -0.854. The molecule has 1 fully saturated rings. The smallest absolute Gasteiger partial charge is 0.376 e. The highest BCUT2D eigenvalue weighted by atomic mass is 35.5. The maximum absolute atomic E-state index is 12.3. The molecule has 9 nitrogen and oxygen atoms in total. The second-order valence-corrected chi connectivity index (χ2v) is 7.13. The van der Waals surface area contributed by atoms with Crippen LogP contribution >= 0.6 is 11.6 Å². The van der Waals surface area contributed by atoms with E-state index in [1.54, 1.807) is 20.2 Å². The average molecular weight is 407 g/mol. The van der Waals surface area contributed by atoms with Crippen LogP contribution < -0.4 is 10.6 Å². The Morgan fingerprint density at radius 1 is 1.32 bits per heavy atom. The monoisotopic (exact) mass is 406 g/mol. The molecule has 3 atom stereocenters. The van der Waals surface area contributed by atoms with Gasteiger partial charge in [0.25, 0.3) is 0 Å². The quantitative estimate of drug-likeness (QED) is 0.282. The number of hydrogen-bond donors (Lipinski definition) is 3. The van der Waals surface area contributed by atoms with Crippen LogP contribution in [0, 0.1) is 11.3 Å². The molecule has 11 heteroatoms. The van der Waals surface area contributed by atoms with E-state index >= 15 is 0 Å². The van der Waals surface area contributed by atoms with Crippen LogP contribution in [0.1, 0.15) is 19.3 Å². The number of rotatable bonds is 6. The van der Waals surface area contributed by atoms with Crippen LogP contribution in [-0.2, 0) is 19.0 Å². The van der Waals surface area contributed by atoms with Crippen LogP contribution in [0.3, 0.4) is 0 Å². The number of pyridine rings is 1. The number of carbonyl (C=O) groups excluding carboxylic acids is 3. The maximum atomic E-state index is 12.3. The molecule has 1 aliphatic carbocycles. The third kappa shape index (κ3) is 5.95. The summed E-state index contributed by atoms with van der Waals surface area (Å²) in [6, 6.07) is 2.65. The van der Waals surface area contributed by atoms with Gasteiger partial charge in [-0.1, -0.05) is 11.6 Å². The molecule has 28 heavy (non-hydrogen) atoms. The van der Waals surface area contributed by atoms with Gasteiger partial charge >= 0.3 is 19.3 Å². The average Bonchev–Trinajstić information content (AvgIpc) is 2.68. The van der Waals surface area contributed by atoms with Crippen LogP contribution in [0.4, 0.5) is 5.82 Å². The summed E-state index contributed by atoms with van der Waals surface area (Å²) in [5, 5.41) is 12.5. The minimum Gasteiger partial charge on any atom is -0.555 e. The SMILES string of the molecule is CN(C)C(=O)[C@H]1CC[C@H](NC(=O)C(=O)Nc2ccc(Cl)cn2)[C@H]([B]OC=N)C1. The van der Waals surface area contributed by atoms with Crippen molar-refractivity contribution < 1.29 is 19.0 Å². The Labute approximate surface area is 168 Å². The van der Waals surface area contributed by atoms with Crippen LogP contribution in [0.5, 0.6) is 0 Å². The Morgan fingerprint density at radius 3 is 2.68 bits per heavy atom. The third-order valence-corrected chi connectivity index (χ3v) is 4.73. The zero-order valence-corrected chi connectivity index (χ0v) is 16.4. The first-order valence-electron chi connectivity index (χ1n) is 8.74. The lowest BCUT2D eigenvalue weighted by atomic mass is 9.64. The van der Waals surface area contributed by atoms with Crippen LogP contribution in [-0.4, -0.2) is 61.6 Å². The molecule has 1 aromatic heterocycles. The molecule has 0 unspecified atom stereocenters. The molecule has 0 saturated heterocycles. The summed E-state index contributed by atoms with van der Waals surface area (Å²) in [5.74, 6) is -1.97. The van der Waals surface area contributed by atoms with E-state index < -0.39 is 11.8 Å². The fourth-order valence-corrected chi connectivity index (χ4v) is 3.23. The van der Waals surface area contributed by atoms with Gasteiger partial charge in [0.1, 0.15) is 12.2 Å². The predicted molar refractivity (Wildman–Crippen MR) is 105 cm³/mol. The van der Waals surface area contributed by atoms with Gasteiger partial charge in [-0.05, 0) is 37.2 Å². The van der Waals surface area contributed by atoms with E-state index in [2.05, 4.69) is 15.6 Å². The predicted octanol–water partition coefficient (Wildman–Crippen LogP) is 1.08. The van der Waals surface area contributed by atoms with Gasteiger partial charge in [-0.15, -0.1) is 0 Å². The Balaban J connectivity index is 1.98. The van der Waals surface area contributed by atoms with Gasteiger partial charge in [0.05, 0.1) is 5.02 Å². The molecule has 3 amide bonds. The van der Waals surface area contributed by atoms with Crippen molar-refractivity contribution in [3.05, 3.63) is 23.4 Å². The molecule has 1 aliphatic rings. The second kappa shape index (κ2) is 10.1. The lowest BCUT2D eigenvalue weighted by molar-refractivity contribution is -0.137. The van der Waals surface area contributed by atoms with Crippen molar-refractivity contribution in [3.63, 3.8) is 0 Å². The van der Waals surface area contributed by atoms with Crippen molar-refractivity contribution in [1.82, 2.24) is 15.2 Å². The first kappa shape index (κ1) is 21.7. The topological polar surface area (TPSA) is 124 Å². The summed E-state index contributed by atoms with van der Waals surface area (Å²) in [5.41, 5.74) is 0. The van der Waals surface area contributed by atoms with Gasteiger partial charge < -0.3 is 20.2 Å². The van der Waals surface area contributed by atoms with E-state index in [4.69, 9.17) is 21.7 Å². The third-order valence-electron chi connectivity index (χ3n) is 4.50. The lowest BCUT2D eigenvalue weighted by Gasteiger charge is -2.35. The Kier molecular flexibility index (Phi) is 7.80. The normalized spacial score (nSPS) is 21.2. The molecule has 3 N–H and O–H groups in total. The minimum absolute atomic E-state index is 0.00425. The summed E-state index contributed by atoms with van der Waals surface area (Å²) in [6.45, 7) is 0. The van der Waals surface area contributed by atoms with Crippen LogP contribution in [0.25, 0.3) is 0 Å². The van der Waals surface area contributed by atoms with Gasteiger partial charge in [-0.25, -0.2) is 4.98 Å². The number of nitrogens with zero attached hydrogens (tertiary/aromatic N) is 2. The van der Waals surface area contributed by atoms with E-state index in [1.165, 1.54) is 24.6 Å². The molecule has 1 saturated carbocycles. The lowest BCUT2D eigenvalue weighted by Crippen LogP contribution is -2.48. The first-order chi connectivity index (χ1) is 13.3. The van der Waals surface area contributed by atoms with Gasteiger partial charge in [0.15, 0.2) is 0 Å². The molecule has 0 spiro atoms. The van der Waals surface area contributed by atoms with Crippen molar-refractivity contribution >= 4 is 49.0 Å². The second-order valence-electron chi connectivity index (χ2n) is 6.69. The van der Waals surface area contributed by atoms with Crippen LogP contribution in [0.15, 0.2) is 18.3 Å². The molecule has 0 bridgehead atoms. The largest absolute Gasteiger partial charge is 0.555 e. The first-order valence-corrected chi connectivity index (χ1v) is 9.12. The number of amides is 3. The fourth-order valence-electron chi connectivity index (χ4n) is 3.12. The molecule has 0 aromatic carbocycles. The molecular weight excluding hydrogens is 384 g/mol. The molecule has 1 radical (unpaired) electrons. The maximum Gasteiger partial charge on any atom is 0.376 e. The zero-order valence-electron chi connectivity index (χ0n) is 15.6. The Hall–Kier alpha value is -2.62. The van der Waals surface area contributed by atoms with Crippen molar-refractivity contribution in [2.75, 3.05) is 19.4 Å². The Bertz CT molecular complexity index is 731. The van der Waals surface area contributed by atoms with E-state index in [9.17, 15) is 14.4 Å². The number of nitrogens with one attached hydrogen (secondary N) is 3. The van der Waals surface area contributed by atoms with Crippen molar-refractivity contribution in [3.8, 4) is 0 Å². The van der Waals surface area contributed by atoms with E-state index in [1.807, 2.05) is 0 Å². The number of halogens is 1. The van der Waals surface area contributed by atoms with Gasteiger partial charge in [-0.3, -0.25) is 19.8 Å². The zero-order chi connectivity index (χ0) is 20.7. The number of aromatic nitrogens is 1. The highest BCUT2D eigenvalue weighted by molar-refractivity contribution is 6.40. The van der Waals surface area contributed by atoms with E-state index in [-0.39, 0.29) is 29.5 Å². The number of carbonyl (C=O) groups is 3. The summed E-state index contributed by atoms with van der Waals surface area (Å²) in [6.07, 6.45) is 3.67. The fraction of sp³-hybridized carbons (Fsp3) is 0.471. The van der Waals surface area contributed by atoms with Gasteiger partial charge in [0, 0.05) is 32.3 Å². The summed E-state index contributed by atoms with van der Waals surface area (Å²) in [7, 11) is 4.81. The van der Waals surface area contributed by atoms with Crippen molar-refractivity contribution in [2.45, 2.75) is 31.1 Å². The summed E-state index contributed by atoms with van der Waals surface area (Å²) in [4.78, 5) is 42.1. The van der Waals surface area contributed by atoms with Crippen molar-refractivity contribution in [2.24, 2.45) is 5.92 Å². The van der Waals surface area contributed by atoms with E-state index in [0.29, 0.717) is 24.3 Å². The summed E-state index contributed by atoms with van der Waals surface area (Å²) < 4.78 is 4.96. The molecule has 1 heterocycles. The van der Waals surface area contributed by atoms with Gasteiger partial charge in [-0.2, -0.15) is 0 Å². The Morgan fingerprint density at radius 2 is 2.07 bits per heavy atom. The highest BCUT2D eigenvalue weighted by Gasteiger charge is 2.37. The highest BCUT2D eigenvalue weighted by Crippen LogP contribution is 2.34. The van der Waals surface area contributed by atoms with E-state index in [0.717, 1.165) is 6.40 Å². The molecule has 0 aliphatic heterocycles. The molecule has 2 rings (SSSR count). The van der Waals surface area contributed by atoms with Crippen LogP contribution in [0.2, 0.25) is 10.8 Å². The number of anilines is 1.